The first-order chi connectivity index (χ1) is 14.4. The maximum Gasteiger partial charge on any atom is 0.332 e. The van der Waals surface area contributed by atoms with Gasteiger partial charge in [0.1, 0.15) is 0 Å². The van der Waals surface area contributed by atoms with Crippen molar-refractivity contribution in [1.29, 1.82) is 0 Å². The fourth-order valence-corrected chi connectivity index (χ4v) is 3.92. The van der Waals surface area contributed by atoms with E-state index in [-0.39, 0.29) is 23.6 Å². The summed E-state index contributed by atoms with van der Waals surface area (Å²) in [5, 5.41) is 0.855. The Morgan fingerprint density at radius 3 is 2.57 bits per heavy atom. The average molecular weight is 441 g/mol. The van der Waals surface area contributed by atoms with Crippen molar-refractivity contribution in [2.75, 3.05) is 0 Å². The molecule has 3 aromatic heterocycles. The topological polar surface area (TPSA) is 74.4 Å². The lowest BCUT2D eigenvalue weighted by Crippen LogP contribution is -2.39. The van der Waals surface area contributed by atoms with Gasteiger partial charge in [-0.3, -0.25) is 18.3 Å². The molecular formula is C21H14Cl2N4O3. The summed E-state index contributed by atoms with van der Waals surface area (Å²) in [6, 6.07) is 14.4. The molecule has 0 saturated heterocycles. The second kappa shape index (κ2) is 6.90. The summed E-state index contributed by atoms with van der Waals surface area (Å²) < 4.78 is 9.85. The fourth-order valence-electron chi connectivity index (χ4n) is 3.45. The second-order valence-corrected chi connectivity index (χ2v) is 7.71. The van der Waals surface area contributed by atoms with Crippen LogP contribution in [0.3, 0.4) is 0 Å². The van der Waals surface area contributed by atoms with E-state index in [2.05, 4.69) is 4.98 Å². The highest BCUT2D eigenvalue weighted by atomic mass is 35.5. The molecule has 7 nitrogen and oxygen atoms in total. The van der Waals surface area contributed by atoms with E-state index in [4.69, 9.17) is 27.6 Å². The van der Waals surface area contributed by atoms with Gasteiger partial charge in [0, 0.05) is 22.7 Å². The molecule has 5 aromatic rings. The number of nitrogens with zero attached hydrogens (tertiary/aromatic N) is 4. The van der Waals surface area contributed by atoms with Crippen LogP contribution in [0.2, 0.25) is 10.0 Å². The van der Waals surface area contributed by atoms with Gasteiger partial charge in [-0.15, -0.1) is 0 Å². The number of benzene rings is 2. The third-order valence-electron chi connectivity index (χ3n) is 4.99. The summed E-state index contributed by atoms with van der Waals surface area (Å²) >= 11 is 12.2. The molecule has 3 heterocycles. The van der Waals surface area contributed by atoms with Crippen molar-refractivity contribution in [2.24, 2.45) is 7.05 Å². The van der Waals surface area contributed by atoms with E-state index in [1.807, 2.05) is 30.3 Å². The number of fused-ring (bicyclic) bond motifs is 3. The van der Waals surface area contributed by atoms with Crippen molar-refractivity contribution in [1.82, 2.24) is 18.5 Å². The number of aromatic nitrogens is 4. The van der Waals surface area contributed by atoms with Crippen molar-refractivity contribution in [3.05, 3.63) is 91.2 Å². The molecule has 0 atom stereocenters. The largest absolute Gasteiger partial charge is 0.423 e. The first kappa shape index (κ1) is 18.7. The third-order valence-corrected chi connectivity index (χ3v) is 5.58. The minimum Gasteiger partial charge on any atom is -0.423 e. The lowest BCUT2D eigenvalue weighted by Gasteiger charge is -2.09. The summed E-state index contributed by atoms with van der Waals surface area (Å²) in [7, 11) is 1.56. The number of oxazole rings is 1. The van der Waals surface area contributed by atoms with Crippen molar-refractivity contribution >= 4 is 40.2 Å². The SMILES string of the molecule is Cn1c(=O)n(Cc2ccc(Cl)cc2Cl)c(=O)c2c1nc1oc(-c3ccccc3)cn12. The highest BCUT2D eigenvalue weighted by Gasteiger charge is 2.20. The Morgan fingerprint density at radius 1 is 1.07 bits per heavy atom. The van der Waals surface area contributed by atoms with Gasteiger partial charge in [-0.05, 0) is 17.7 Å². The third kappa shape index (κ3) is 2.86. The van der Waals surface area contributed by atoms with Crippen LogP contribution in [0.15, 0.2) is 68.7 Å². The zero-order valence-corrected chi connectivity index (χ0v) is 17.2. The van der Waals surface area contributed by atoms with E-state index in [0.717, 1.165) is 10.1 Å². The van der Waals surface area contributed by atoms with Gasteiger partial charge in [-0.25, -0.2) is 4.79 Å². The lowest BCUT2D eigenvalue weighted by atomic mass is 10.2. The predicted molar refractivity (Wildman–Crippen MR) is 115 cm³/mol. The minimum atomic E-state index is -0.498. The van der Waals surface area contributed by atoms with Crippen LogP contribution in [0.1, 0.15) is 5.56 Å². The smallest absolute Gasteiger partial charge is 0.332 e. The average Bonchev–Trinajstić information content (AvgIpc) is 3.30. The number of rotatable bonds is 3. The Hall–Kier alpha value is -3.29. The summed E-state index contributed by atoms with van der Waals surface area (Å²) in [5.41, 5.74) is 0.992. The summed E-state index contributed by atoms with van der Waals surface area (Å²) in [6.45, 7) is 0.00801. The zero-order chi connectivity index (χ0) is 21.0. The van der Waals surface area contributed by atoms with E-state index in [1.165, 1.54) is 4.57 Å². The van der Waals surface area contributed by atoms with Gasteiger partial charge in [0.15, 0.2) is 16.9 Å². The molecule has 0 aliphatic rings. The maximum absolute atomic E-state index is 13.3. The zero-order valence-electron chi connectivity index (χ0n) is 15.7. The summed E-state index contributed by atoms with van der Waals surface area (Å²) in [5.74, 6) is 0.804. The van der Waals surface area contributed by atoms with Crippen molar-refractivity contribution < 1.29 is 4.42 Å². The number of hydrogen-bond acceptors (Lipinski definition) is 4. The van der Waals surface area contributed by atoms with Gasteiger partial charge in [-0.1, -0.05) is 59.6 Å². The standard InChI is InChI=1S/C21H14Cl2N4O3/c1-25-18-17(26-11-16(30-20(26)24-18)12-5-3-2-4-6-12)19(28)27(21(25)29)10-13-7-8-14(22)9-15(13)23/h2-9,11H,10H2,1H3. The Labute approximate surface area is 179 Å². The minimum absolute atomic E-state index is 0.00801. The van der Waals surface area contributed by atoms with Crippen LogP contribution >= 0.6 is 23.2 Å². The van der Waals surface area contributed by atoms with Crippen molar-refractivity contribution in [3.8, 4) is 11.3 Å². The fraction of sp³-hybridized carbons (Fsp3) is 0.0952. The van der Waals surface area contributed by atoms with Crippen LogP contribution in [-0.2, 0) is 13.6 Å². The normalized spacial score (nSPS) is 11.6. The molecule has 9 heteroatoms. The molecule has 0 aliphatic carbocycles. The lowest BCUT2D eigenvalue weighted by molar-refractivity contribution is 0.610. The predicted octanol–water partition coefficient (Wildman–Crippen LogP) is 3.96. The van der Waals surface area contributed by atoms with Gasteiger partial charge in [-0.2, -0.15) is 4.98 Å². The van der Waals surface area contributed by atoms with Gasteiger partial charge < -0.3 is 4.42 Å². The molecule has 2 aromatic carbocycles. The number of hydrogen-bond donors (Lipinski definition) is 0. The Morgan fingerprint density at radius 2 is 1.83 bits per heavy atom. The molecule has 150 valence electrons. The van der Waals surface area contributed by atoms with Crippen LogP contribution in [0.25, 0.3) is 28.3 Å². The maximum atomic E-state index is 13.3. The molecule has 0 spiro atoms. The van der Waals surface area contributed by atoms with Crippen LogP contribution < -0.4 is 11.2 Å². The van der Waals surface area contributed by atoms with Crippen LogP contribution in [0, 0.1) is 0 Å². The quantitative estimate of drug-likeness (QED) is 0.425. The molecular weight excluding hydrogens is 427 g/mol. The van der Waals surface area contributed by atoms with E-state index >= 15 is 0 Å². The molecule has 0 aliphatic heterocycles. The van der Waals surface area contributed by atoms with E-state index in [0.29, 0.717) is 21.4 Å². The Balaban J connectivity index is 1.74. The van der Waals surface area contributed by atoms with Gasteiger partial charge >= 0.3 is 11.5 Å². The van der Waals surface area contributed by atoms with E-state index in [9.17, 15) is 9.59 Å². The Kier molecular flexibility index (Phi) is 4.30. The highest BCUT2D eigenvalue weighted by Crippen LogP contribution is 2.25. The first-order valence-corrected chi connectivity index (χ1v) is 9.80. The van der Waals surface area contributed by atoms with Gasteiger partial charge in [0.2, 0.25) is 0 Å². The molecule has 0 saturated carbocycles. The monoisotopic (exact) mass is 440 g/mol. The second-order valence-electron chi connectivity index (χ2n) is 6.87. The van der Waals surface area contributed by atoms with Crippen LogP contribution in [-0.4, -0.2) is 18.5 Å². The molecule has 0 bridgehead atoms. The molecule has 0 fully saturated rings. The number of aryl methyl sites for hydroxylation is 1. The summed E-state index contributed by atoms with van der Waals surface area (Å²) in [4.78, 5) is 30.5. The van der Waals surface area contributed by atoms with Crippen molar-refractivity contribution in [3.63, 3.8) is 0 Å². The molecule has 0 unspecified atom stereocenters. The Bertz CT molecular complexity index is 1540. The van der Waals surface area contributed by atoms with E-state index < -0.39 is 11.2 Å². The first-order valence-electron chi connectivity index (χ1n) is 9.05. The number of imidazole rings is 1. The molecule has 0 amide bonds. The number of halogens is 2. The molecule has 0 N–H and O–H groups in total. The van der Waals surface area contributed by atoms with E-state index in [1.54, 1.807) is 35.8 Å². The van der Waals surface area contributed by atoms with Gasteiger partial charge in [0.05, 0.1) is 12.7 Å². The van der Waals surface area contributed by atoms with Crippen LogP contribution in [0.4, 0.5) is 0 Å². The molecule has 30 heavy (non-hydrogen) atoms. The van der Waals surface area contributed by atoms with Gasteiger partial charge in [0.25, 0.3) is 5.56 Å². The van der Waals surface area contributed by atoms with Crippen molar-refractivity contribution in [2.45, 2.75) is 6.54 Å². The molecule has 5 rings (SSSR count). The van der Waals surface area contributed by atoms with Crippen LogP contribution in [0.5, 0.6) is 0 Å². The highest BCUT2D eigenvalue weighted by molar-refractivity contribution is 6.35. The molecule has 0 radical (unpaired) electrons. The summed E-state index contributed by atoms with van der Waals surface area (Å²) in [6.07, 6.45) is 1.70.